The Balaban J connectivity index is 1.77. The molecule has 1 atom stereocenters. The number of unbranched alkanes of at least 4 members (excludes halogenated alkanes) is 1. The molecule has 4 aromatic rings. The molecule has 40 heavy (non-hydrogen) atoms. The molecule has 7 nitrogen and oxygen atoms in total. The fraction of sp³-hybridized carbons (Fsp3) is 0.323. The third kappa shape index (κ3) is 5.98. The van der Waals surface area contributed by atoms with Crippen LogP contribution in [0.15, 0.2) is 76.5 Å². The van der Waals surface area contributed by atoms with Gasteiger partial charge in [-0.15, -0.1) is 11.8 Å². The second kappa shape index (κ2) is 12.2. The van der Waals surface area contributed by atoms with E-state index in [-0.39, 0.29) is 11.5 Å². The molecule has 1 unspecified atom stereocenters. The average Bonchev–Trinajstić information content (AvgIpc) is 3.28. The number of aryl methyl sites for hydroxylation is 1. The van der Waals surface area contributed by atoms with Crippen LogP contribution in [0.1, 0.15) is 50.4 Å². The predicted octanol–water partition coefficient (Wildman–Crippen LogP) is 5.84. The number of hydrogen-bond acceptors (Lipinski definition) is 6. The van der Waals surface area contributed by atoms with E-state index in [9.17, 15) is 18.3 Å². The minimum absolute atomic E-state index is 0.0973. The molecular formula is C31H36N2O5S2. The minimum atomic E-state index is -3.85. The highest BCUT2D eigenvalue weighted by Crippen LogP contribution is 2.39. The van der Waals surface area contributed by atoms with Crippen LogP contribution in [0.4, 0.5) is 0 Å². The molecular weight excluding hydrogens is 544 g/mol. The number of thioether (sulfide) groups is 1. The standard InChI is InChI=1S/C31H36N2O5S2/c1-5-7-10-23-19-25-27(18-17-26(29(25)39-4)31(3,35)30(34)38-6-2)33(23)20-21-13-15-22(16-14-21)24-11-8-9-12-28(24)40(32,36)37/h8-9,11-19,35H,5-7,10,20H2,1-4H3,(H2,32,36,37). The Morgan fingerprint density at radius 1 is 1.07 bits per heavy atom. The Morgan fingerprint density at radius 2 is 1.77 bits per heavy atom. The maximum Gasteiger partial charge on any atom is 0.342 e. The number of carbonyl (C=O) groups is 1. The van der Waals surface area contributed by atoms with Crippen LogP contribution in [0.2, 0.25) is 0 Å². The number of benzene rings is 3. The van der Waals surface area contributed by atoms with Crippen molar-refractivity contribution in [1.82, 2.24) is 4.57 Å². The van der Waals surface area contributed by atoms with Crippen molar-refractivity contribution >= 4 is 38.7 Å². The maximum absolute atomic E-state index is 12.6. The van der Waals surface area contributed by atoms with E-state index in [0.29, 0.717) is 17.7 Å². The Labute approximate surface area is 240 Å². The number of aromatic nitrogens is 1. The summed E-state index contributed by atoms with van der Waals surface area (Å²) in [6, 6.07) is 20.5. The zero-order valence-corrected chi connectivity index (χ0v) is 24.9. The van der Waals surface area contributed by atoms with Gasteiger partial charge in [0.2, 0.25) is 10.0 Å². The van der Waals surface area contributed by atoms with Gasteiger partial charge in [-0.3, -0.25) is 0 Å². The van der Waals surface area contributed by atoms with Crippen LogP contribution in [-0.4, -0.2) is 36.9 Å². The van der Waals surface area contributed by atoms with Gasteiger partial charge in [-0.2, -0.15) is 0 Å². The molecule has 0 bridgehead atoms. The Kier molecular flexibility index (Phi) is 9.09. The van der Waals surface area contributed by atoms with Gasteiger partial charge < -0.3 is 14.4 Å². The predicted molar refractivity (Wildman–Crippen MR) is 161 cm³/mol. The SMILES string of the molecule is CCCCc1cc2c(SC)c(C(C)(O)C(=O)OCC)ccc2n1Cc1ccc(-c2ccccc2S(N)(=O)=O)cc1. The first-order valence-corrected chi connectivity index (χ1v) is 16.1. The third-order valence-electron chi connectivity index (χ3n) is 7.11. The lowest BCUT2D eigenvalue weighted by molar-refractivity contribution is -0.164. The molecule has 0 radical (unpaired) electrons. The van der Waals surface area contributed by atoms with E-state index in [1.807, 2.05) is 42.7 Å². The lowest BCUT2D eigenvalue weighted by Crippen LogP contribution is -2.34. The molecule has 1 heterocycles. The Morgan fingerprint density at radius 3 is 2.40 bits per heavy atom. The van der Waals surface area contributed by atoms with Crippen molar-refractivity contribution in [1.29, 1.82) is 0 Å². The molecule has 0 spiro atoms. The van der Waals surface area contributed by atoms with Crippen molar-refractivity contribution < 1.29 is 23.1 Å². The summed E-state index contributed by atoms with van der Waals surface area (Å²) in [5, 5.41) is 17.6. The lowest BCUT2D eigenvalue weighted by Gasteiger charge is -2.24. The van der Waals surface area contributed by atoms with E-state index in [2.05, 4.69) is 17.6 Å². The maximum atomic E-state index is 12.6. The van der Waals surface area contributed by atoms with E-state index in [1.165, 1.54) is 30.4 Å². The molecule has 3 N–H and O–H groups in total. The molecule has 4 rings (SSSR count). The second-order valence-corrected chi connectivity index (χ2v) is 12.3. The monoisotopic (exact) mass is 580 g/mol. The van der Waals surface area contributed by atoms with Crippen LogP contribution in [-0.2, 0) is 38.1 Å². The van der Waals surface area contributed by atoms with Crippen LogP contribution >= 0.6 is 11.8 Å². The molecule has 3 aromatic carbocycles. The molecule has 0 saturated heterocycles. The van der Waals surface area contributed by atoms with E-state index in [4.69, 9.17) is 9.88 Å². The first kappa shape index (κ1) is 29.9. The van der Waals surface area contributed by atoms with Crippen LogP contribution in [0.25, 0.3) is 22.0 Å². The fourth-order valence-corrected chi connectivity index (χ4v) is 6.66. The topological polar surface area (TPSA) is 112 Å². The fourth-order valence-electron chi connectivity index (χ4n) is 5.03. The first-order chi connectivity index (χ1) is 19.0. The first-order valence-electron chi connectivity index (χ1n) is 13.3. The van der Waals surface area contributed by atoms with E-state index in [1.54, 1.807) is 25.1 Å². The lowest BCUT2D eigenvalue weighted by atomic mass is 9.94. The van der Waals surface area contributed by atoms with Gasteiger partial charge >= 0.3 is 5.97 Å². The van der Waals surface area contributed by atoms with Crippen LogP contribution in [0.3, 0.4) is 0 Å². The number of esters is 1. The Hall–Kier alpha value is -3.11. The molecule has 1 aromatic heterocycles. The molecule has 0 aliphatic rings. The van der Waals surface area contributed by atoms with Crippen molar-refractivity contribution in [2.24, 2.45) is 5.14 Å². The van der Waals surface area contributed by atoms with Crippen molar-refractivity contribution in [2.45, 2.75) is 62.0 Å². The summed E-state index contributed by atoms with van der Waals surface area (Å²) in [7, 11) is -3.85. The molecule has 0 fully saturated rings. The van der Waals surface area contributed by atoms with Crippen LogP contribution in [0, 0.1) is 0 Å². The largest absolute Gasteiger partial charge is 0.464 e. The van der Waals surface area contributed by atoms with Gasteiger partial charge in [-0.05, 0) is 62.3 Å². The number of aliphatic hydroxyl groups is 1. The highest BCUT2D eigenvalue weighted by atomic mass is 32.2. The summed E-state index contributed by atoms with van der Waals surface area (Å²) < 4.78 is 31.6. The van der Waals surface area contributed by atoms with Crippen LogP contribution in [0.5, 0.6) is 0 Å². The molecule has 0 amide bonds. The summed E-state index contributed by atoms with van der Waals surface area (Å²) >= 11 is 1.50. The number of hydrogen-bond donors (Lipinski definition) is 2. The van der Waals surface area contributed by atoms with Gasteiger partial charge in [-0.1, -0.05) is 61.9 Å². The van der Waals surface area contributed by atoms with Crippen molar-refractivity contribution in [3.05, 3.63) is 83.6 Å². The highest BCUT2D eigenvalue weighted by Gasteiger charge is 2.37. The van der Waals surface area contributed by atoms with E-state index < -0.39 is 21.6 Å². The molecule has 212 valence electrons. The van der Waals surface area contributed by atoms with Gasteiger partial charge in [0.25, 0.3) is 0 Å². The minimum Gasteiger partial charge on any atom is -0.464 e. The van der Waals surface area contributed by atoms with Crippen LogP contribution < -0.4 is 5.14 Å². The zero-order valence-electron chi connectivity index (χ0n) is 23.3. The number of rotatable bonds is 11. The van der Waals surface area contributed by atoms with Crippen molar-refractivity contribution in [3.8, 4) is 11.1 Å². The Bertz CT molecular complexity index is 1620. The molecule has 0 aliphatic heterocycles. The summed E-state index contributed by atoms with van der Waals surface area (Å²) in [5.41, 5.74) is 3.34. The highest BCUT2D eigenvalue weighted by molar-refractivity contribution is 7.98. The van der Waals surface area contributed by atoms with E-state index >= 15 is 0 Å². The quantitative estimate of drug-likeness (QED) is 0.170. The number of primary sulfonamides is 1. The van der Waals surface area contributed by atoms with Gasteiger partial charge in [0.15, 0.2) is 5.60 Å². The smallest absolute Gasteiger partial charge is 0.342 e. The molecule has 0 aliphatic carbocycles. The third-order valence-corrected chi connectivity index (χ3v) is 8.93. The normalized spacial score (nSPS) is 13.3. The second-order valence-electron chi connectivity index (χ2n) is 9.94. The van der Waals surface area contributed by atoms with Gasteiger partial charge in [0.1, 0.15) is 0 Å². The number of sulfonamides is 1. The summed E-state index contributed by atoms with van der Waals surface area (Å²) in [5.74, 6) is -0.667. The zero-order chi connectivity index (χ0) is 29.1. The number of nitrogens with two attached hydrogens (primary N) is 1. The summed E-state index contributed by atoms with van der Waals surface area (Å²) in [6.45, 7) is 6.17. The average molecular weight is 581 g/mol. The van der Waals surface area contributed by atoms with Crippen molar-refractivity contribution in [3.63, 3.8) is 0 Å². The number of ether oxygens (including phenoxy) is 1. The number of carbonyl (C=O) groups excluding carboxylic acids is 1. The van der Waals surface area contributed by atoms with Gasteiger partial charge in [0.05, 0.1) is 11.5 Å². The molecule has 0 saturated carbocycles. The summed E-state index contributed by atoms with van der Waals surface area (Å²) in [6.07, 6.45) is 4.92. The number of nitrogens with zero attached hydrogens (tertiary/aromatic N) is 1. The van der Waals surface area contributed by atoms with Gasteiger partial charge in [0, 0.05) is 39.2 Å². The molecule has 9 heteroatoms. The van der Waals surface area contributed by atoms with Crippen molar-refractivity contribution in [2.75, 3.05) is 12.9 Å². The number of fused-ring (bicyclic) bond motifs is 1. The summed E-state index contributed by atoms with van der Waals surface area (Å²) in [4.78, 5) is 13.5. The van der Waals surface area contributed by atoms with E-state index in [0.717, 1.165) is 46.2 Å². The van der Waals surface area contributed by atoms with Gasteiger partial charge in [-0.25, -0.2) is 18.4 Å².